The number of hydrogen-bond acceptors (Lipinski definition) is 5. The van der Waals surface area contributed by atoms with E-state index >= 15 is 0 Å². The second-order valence-corrected chi connectivity index (χ2v) is 8.88. The Morgan fingerprint density at radius 3 is 2.52 bits per heavy atom. The zero-order chi connectivity index (χ0) is 20.4. The number of aryl methyl sites for hydroxylation is 2. The fourth-order valence-corrected chi connectivity index (χ4v) is 4.10. The van der Waals surface area contributed by atoms with Gasteiger partial charge in [-0.2, -0.15) is 0 Å². The number of rotatable bonds is 6. The van der Waals surface area contributed by atoms with Gasteiger partial charge in [0, 0.05) is 31.3 Å². The Kier molecular flexibility index (Phi) is 6.10. The van der Waals surface area contributed by atoms with Crippen molar-refractivity contribution in [2.45, 2.75) is 38.1 Å². The van der Waals surface area contributed by atoms with Crippen molar-refractivity contribution in [3.8, 4) is 5.75 Å². The summed E-state index contributed by atoms with van der Waals surface area (Å²) in [5.74, 6) is -1.47. The van der Waals surface area contributed by atoms with Crippen molar-refractivity contribution in [3.05, 3.63) is 57.5 Å². The van der Waals surface area contributed by atoms with Crippen LogP contribution in [0.2, 0.25) is 0 Å². The largest absolute Gasteiger partial charge is 0.503 e. The molecule has 8 heteroatoms. The third kappa shape index (κ3) is 4.77. The van der Waals surface area contributed by atoms with Crippen molar-refractivity contribution in [2.75, 3.05) is 5.75 Å². The van der Waals surface area contributed by atoms with E-state index in [0.717, 1.165) is 11.6 Å². The second-order valence-electron chi connectivity index (χ2n) is 6.77. The summed E-state index contributed by atoms with van der Waals surface area (Å²) in [4.78, 5) is 24.6. The van der Waals surface area contributed by atoms with Crippen LogP contribution in [0.3, 0.4) is 0 Å². The molecule has 1 amide bonds. The first kappa shape index (κ1) is 20.7. The zero-order valence-electron chi connectivity index (χ0n) is 15.8. The molecule has 0 radical (unpaired) electrons. The van der Waals surface area contributed by atoms with E-state index in [2.05, 4.69) is 5.32 Å². The highest BCUT2D eigenvalue weighted by atomic mass is 32.2. The number of nitrogens with zero attached hydrogens (tertiary/aromatic N) is 1. The summed E-state index contributed by atoms with van der Waals surface area (Å²) >= 11 is 0. The lowest BCUT2D eigenvalue weighted by Gasteiger charge is -2.17. The molecule has 0 unspecified atom stereocenters. The molecule has 0 aliphatic heterocycles. The molecule has 1 aromatic heterocycles. The quantitative estimate of drug-likeness (QED) is 0.776. The van der Waals surface area contributed by atoms with Gasteiger partial charge in [0.1, 0.15) is 0 Å². The van der Waals surface area contributed by atoms with E-state index in [1.165, 1.54) is 17.7 Å². The third-order valence-electron chi connectivity index (χ3n) is 4.13. The maximum atomic E-state index is 12.6. The van der Waals surface area contributed by atoms with Crippen molar-refractivity contribution < 1.29 is 18.3 Å². The number of carbonyl (C=O) groups excluding carboxylic acids is 1. The average Bonchev–Trinajstić information content (AvgIpc) is 2.56. The minimum absolute atomic E-state index is 0.0320. The summed E-state index contributed by atoms with van der Waals surface area (Å²) < 4.78 is 26.5. The monoisotopic (exact) mass is 392 g/mol. The Labute approximate surface area is 158 Å². The first-order valence-corrected chi connectivity index (χ1v) is 10.2. The van der Waals surface area contributed by atoms with Crippen LogP contribution >= 0.6 is 0 Å². The molecule has 0 bridgehead atoms. The molecule has 0 saturated carbocycles. The number of hydrogen-bond donors (Lipinski definition) is 2. The van der Waals surface area contributed by atoms with Gasteiger partial charge < -0.3 is 15.0 Å². The molecule has 0 fully saturated rings. The van der Waals surface area contributed by atoms with Crippen molar-refractivity contribution in [1.82, 2.24) is 9.88 Å². The lowest BCUT2D eigenvalue weighted by Crippen LogP contribution is -2.34. The molecule has 27 heavy (non-hydrogen) atoms. The number of benzene rings is 1. The van der Waals surface area contributed by atoms with Gasteiger partial charge in [0.05, 0.1) is 10.6 Å². The number of nitrogens with one attached hydrogen (secondary N) is 1. The van der Waals surface area contributed by atoms with Crippen molar-refractivity contribution in [3.63, 3.8) is 0 Å². The topological polar surface area (TPSA) is 105 Å². The number of pyridine rings is 1. The summed E-state index contributed by atoms with van der Waals surface area (Å²) in [6.07, 6.45) is 0.0320. The predicted molar refractivity (Wildman–Crippen MR) is 103 cm³/mol. The fraction of sp³-hybridized carbons (Fsp3) is 0.368. The van der Waals surface area contributed by atoms with E-state index in [4.69, 9.17) is 0 Å². The Hall–Kier alpha value is -2.61. The molecular weight excluding hydrogens is 368 g/mol. The SMILES string of the molecule is Cc1cccc(S(=O)(=O)CCc2cc(=O)c(O)c(C(=O)NC(C)C)n2C)c1. The molecule has 1 heterocycles. The van der Waals surface area contributed by atoms with Crippen molar-refractivity contribution in [1.29, 1.82) is 0 Å². The Morgan fingerprint density at radius 2 is 1.93 bits per heavy atom. The highest BCUT2D eigenvalue weighted by molar-refractivity contribution is 7.91. The van der Waals surface area contributed by atoms with Gasteiger partial charge in [0.25, 0.3) is 5.91 Å². The van der Waals surface area contributed by atoms with Crippen LogP contribution in [0.5, 0.6) is 5.75 Å². The minimum Gasteiger partial charge on any atom is -0.503 e. The number of aromatic nitrogens is 1. The van der Waals surface area contributed by atoms with Crippen LogP contribution < -0.4 is 10.7 Å². The van der Waals surface area contributed by atoms with Gasteiger partial charge in [-0.15, -0.1) is 0 Å². The van der Waals surface area contributed by atoms with E-state index in [1.54, 1.807) is 26.0 Å². The molecule has 0 saturated heterocycles. The van der Waals surface area contributed by atoms with Crippen molar-refractivity contribution in [2.24, 2.45) is 7.05 Å². The van der Waals surface area contributed by atoms with Gasteiger partial charge in [-0.3, -0.25) is 9.59 Å². The maximum Gasteiger partial charge on any atom is 0.272 e. The maximum absolute atomic E-state index is 12.6. The van der Waals surface area contributed by atoms with Gasteiger partial charge >= 0.3 is 0 Å². The average molecular weight is 392 g/mol. The highest BCUT2D eigenvalue weighted by Gasteiger charge is 2.22. The first-order chi connectivity index (χ1) is 12.5. The number of carbonyl (C=O) groups is 1. The minimum atomic E-state index is -3.55. The van der Waals surface area contributed by atoms with Crippen LogP contribution in [0, 0.1) is 6.92 Å². The second kappa shape index (κ2) is 7.96. The van der Waals surface area contributed by atoms with Gasteiger partial charge in [0.15, 0.2) is 21.3 Å². The number of sulfone groups is 1. The first-order valence-electron chi connectivity index (χ1n) is 8.55. The van der Waals surface area contributed by atoms with Crippen LogP contribution in [0.25, 0.3) is 0 Å². The molecular formula is C19H24N2O5S. The number of amides is 1. The molecule has 0 spiro atoms. The molecule has 0 aliphatic carbocycles. The van der Waals surface area contributed by atoms with Crippen LogP contribution in [0.15, 0.2) is 40.0 Å². The molecule has 7 nitrogen and oxygen atoms in total. The summed E-state index contributed by atoms with van der Waals surface area (Å²) in [6, 6.07) is 7.58. The Morgan fingerprint density at radius 1 is 1.26 bits per heavy atom. The highest BCUT2D eigenvalue weighted by Crippen LogP contribution is 2.17. The summed E-state index contributed by atoms with van der Waals surface area (Å²) in [5.41, 5.74) is 0.285. The molecule has 2 N–H and O–H groups in total. The van der Waals surface area contributed by atoms with Crippen LogP contribution in [-0.2, 0) is 23.3 Å². The molecule has 1 aromatic carbocycles. The lowest BCUT2D eigenvalue weighted by molar-refractivity contribution is 0.0930. The van der Waals surface area contributed by atoms with E-state index < -0.39 is 26.9 Å². The fourth-order valence-electron chi connectivity index (χ4n) is 2.73. The molecule has 146 valence electrons. The smallest absolute Gasteiger partial charge is 0.272 e. The third-order valence-corrected chi connectivity index (χ3v) is 5.85. The van der Waals surface area contributed by atoms with Crippen LogP contribution in [0.1, 0.15) is 35.6 Å². The standard InChI is InChI=1S/C19H24N2O5S/c1-12(2)20-19(24)17-18(23)16(22)11-14(21(17)4)8-9-27(25,26)15-7-5-6-13(3)10-15/h5-7,10-12,23H,8-9H2,1-4H3,(H,20,24). The summed E-state index contributed by atoms with van der Waals surface area (Å²) in [6.45, 7) is 5.32. The van der Waals surface area contributed by atoms with Crippen LogP contribution in [0.4, 0.5) is 0 Å². The van der Waals surface area contributed by atoms with E-state index in [1.807, 2.05) is 13.0 Å². The Bertz CT molecular complexity index is 1020. The summed E-state index contributed by atoms with van der Waals surface area (Å²) in [5, 5.41) is 12.6. The molecule has 0 atom stereocenters. The number of aromatic hydroxyl groups is 1. The molecule has 0 aliphatic rings. The van der Waals surface area contributed by atoms with Gasteiger partial charge in [-0.1, -0.05) is 12.1 Å². The predicted octanol–water partition coefficient (Wildman–Crippen LogP) is 1.55. The van der Waals surface area contributed by atoms with Gasteiger partial charge in [0.2, 0.25) is 5.43 Å². The van der Waals surface area contributed by atoms with Gasteiger partial charge in [-0.05, 0) is 38.5 Å². The summed E-state index contributed by atoms with van der Waals surface area (Å²) in [7, 11) is -2.03. The van der Waals surface area contributed by atoms with Gasteiger partial charge in [-0.25, -0.2) is 8.42 Å². The van der Waals surface area contributed by atoms with Crippen LogP contribution in [-0.4, -0.2) is 35.8 Å². The van der Waals surface area contributed by atoms with Crippen molar-refractivity contribution >= 4 is 15.7 Å². The zero-order valence-corrected chi connectivity index (χ0v) is 16.6. The normalized spacial score (nSPS) is 11.6. The molecule has 2 rings (SSSR count). The van der Waals surface area contributed by atoms with E-state index in [9.17, 15) is 23.1 Å². The van der Waals surface area contributed by atoms with E-state index in [0.29, 0.717) is 5.69 Å². The van der Waals surface area contributed by atoms with E-state index in [-0.39, 0.29) is 28.8 Å². The molecule has 2 aromatic rings. The Balaban J connectivity index is 2.36. The lowest BCUT2D eigenvalue weighted by atomic mass is 10.2.